The van der Waals surface area contributed by atoms with E-state index in [0.29, 0.717) is 31.6 Å². The molecule has 3 aromatic rings. The van der Waals surface area contributed by atoms with Gasteiger partial charge in [-0.05, 0) is 54.0 Å². The molecule has 5 amide bonds. The molecule has 4 rings (SSSR count). The van der Waals surface area contributed by atoms with E-state index in [0.717, 1.165) is 17.0 Å². The molecule has 0 bridgehead atoms. The number of urea groups is 1. The second-order valence-electron chi connectivity index (χ2n) is 15.6. The second-order valence-corrected chi connectivity index (χ2v) is 15.6. The van der Waals surface area contributed by atoms with Gasteiger partial charge in [0.25, 0.3) is 5.91 Å². The number of aliphatic hydroxyl groups excluding tert-OH is 1. The monoisotopic (exact) mass is 787 g/mol. The van der Waals surface area contributed by atoms with E-state index >= 15 is 0 Å². The standard InChI is InChI=1S/C42H57N7O8/c1-8-27(2)35(49-22-21-47(41(49)56)25-31-19-14-15-28(3)43-31)37(51)44-33(23-29-16-10-9-11-17-29)34(50)26-48(24-30-18-12-13-20-32(30)39(53)54)46-38(52)36(42(4,5)6)45-40(55)57-7/h9-20,27,33-36,50H,8,21-26H2,1-7H3,(H,44,51)(H,45,55)(H,46,52)(H,53,54). The summed E-state index contributed by atoms with van der Waals surface area (Å²) < 4.78 is 4.76. The van der Waals surface area contributed by atoms with Gasteiger partial charge in [-0.3, -0.25) is 20.0 Å². The Hall–Kier alpha value is -5.54. The Bertz CT molecular complexity index is 1850. The molecule has 0 saturated carbocycles. The highest BCUT2D eigenvalue weighted by Gasteiger charge is 2.41. The van der Waals surface area contributed by atoms with Crippen LogP contribution in [-0.2, 0) is 33.8 Å². The molecule has 2 heterocycles. The number of hydrogen-bond donors (Lipinski definition) is 5. The molecule has 15 nitrogen and oxygen atoms in total. The van der Waals surface area contributed by atoms with Crippen LogP contribution in [0.25, 0.3) is 0 Å². The normalized spacial score (nSPS) is 15.7. The van der Waals surface area contributed by atoms with E-state index in [1.165, 1.54) is 18.2 Å². The molecule has 57 heavy (non-hydrogen) atoms. The Morgan fingerprint density at radius 2 is 1.63 bits per heavy atom. The first kappa shape index (κ1) is 44.2. The number of methoxy groups -OCH3 is 1. The molecule has 1 fully saturated rings. The number of rotatable bonds is 18. The van der Waals surface area contributed by atoms with Crippen LogP contribution in [0.5, 0.6) is 0 Å². The molecule has 1 aliphatic heterocycles. The smallest absolute Gasteiger partial charge is 0.407 e. The maximum absolute atomic E-state index is 14.4. The third-order valence-corrected chi connectivity index (χ3v) is 10.2. The lowest BCUT2D eigenvalue weighted by Gasteiger charge is -2.36. The summed E-state index contributed by atoms with van der Waals surface area (Å²) in [6, 6.07) is 18.1. The number of carboxylic acid groups (broad SMARTS) is 1. The number of aliphatic hydroxyl groups is 1. The molecule has 5 atom stereocenters. The average molecular weight is 788 g/mol. The number of aromatic nitrogens is 1. The molecule has 15 heteroatoms. The first-order valence-corrected chi connectivity index (χ1v) is 19.2. The van der Waals surface area contributed by atoms with Crippen LogP contribution >= 0.6 is 0 Å². The first-order valence-electron chi connectivity index (χ1n) is 19.2. The predicted molar refractivity (Wildman–Crippen MR) is 214 cm³/mol. The number of pyridine rings is 1. The number of hydrazine groups is 1. The number of carbonyl (C=O) groups is 5. The summed E-state index contributed by atoms with van der Waals surface area (Å²) in [5.74, 6) is -2.48. The lowest BCUT2D eigenvalue weighted by Crippen LogP contribution is -2.60. The molecule has 0 aliphatic carbocycles. The van der Waals surface area contributed by atoms with Gasteiger partial charge in [0, 0.05) is 31.9 Å². The van der Waals surface area contributed by atoms with Gasteiger partial charge >= 0.3 is 18.1 Å². The van der Waals surface area contributed by atoms with Gasteiger partial charge in [-0.2, -0.15) is 0 Å². The molecule has 0 spiro atoms. The zero-order valence-corrected chi connectivity index (χ0v) is 33.9. The largest absolute Gasteiger partial charge is 0.478 e. The molecular formula is C42H57N7O8. The molecule has 1 aliphatic rings. The highest BCUT2D eigenvalue weighted by molar-refractivity contribution is 5.90. The number of alkyl carbamates (subject to hydrolysis) is 1. The summed E-state index contributed by atoms with van der Waals surface area (Å²) in [6.07, 6.45) is -1.35. The maximum atomic E-state index is 14.4. The van der Waals surface area contributed by atoms with Crippen LogP contribution in [0.4, 0.5) is 9.59 Å². The van der Waals surface area contributed by atoms with Gasteiger partial charge in [0.1, 0.15) is 12.1 Å². The summed E-state index contributed by atoms with van der Waals surface area (Å²) in [5.41, 5.74) is 4.77. The van der Waals surface area contributed by atoms with Gasteiger partial charge < -0.3 is 35.4 Å². The lowest BCUT2D eigenvalue weighted by molar-refractivity contribution is -0.132. The fourth-order valence-electron chi connectivity index (χ4n) is 6.89. The number of ether oxygens (including phenoxy) is 1. The minimum Gasteiger partial charge on any atom is -0.478 e. The van der Waals surface area contributed by atoms with Crippen molar-refractivity contribution in [3.63, 3.8) is 0 Å². The van der Waals surface area contributed by atoms with Crippen LogP contribution in [0.2, 0.25) is 0 Å². The fourth-order valence-corrected chi connectivity index (χ4v) is 6.89. The third-order valence-electron chi connectivity index (χ3n) is 10.2. The Kier molecular flexibility index (Phi) is 15.5. The minimum absolute atomic E-state index is 0.000617. The number of amides is 5. The van der Waals surface area contributed by atoms with Crippen molar-refractivity contribution in [1.29, 1.82) is 0 Å². The van der Waals surface area contributed by atoms with Crippen molar-refractivity contribution in [2.75, 3.05) is 26.7 Å². The molecule has 1 saturated heterocycles. The van der Waals surface area contributed by atoms with Crippen molar-refractivity contribution in [1.82, 2.24) is 35.9 Å². The van der Waals surface area contributed by atoms with E-state index in [1.54, 1.807) is 48.8 Å². The molecular weight excluding hydrogens is 731 g/mol. The fraction of sp³-hybridized carbons (Fsp3) is 0.476. The van der Waals surface area contributed by atoms with Crippen molar-refractivity contribution in [2.24, 2.45) is 11.3 Å². The van der Waals surface area contributed by atoms with E-state index in [9.17, 15) is 34.2 Å². The molecule has 5 unspecified atom stereocenters. The van der Waals surface area contributed by atoms with Crippen LogP contribution in [0.15, 0.2) is 72.8 Å². The Morgan fingerprint density at radius 3 is 2.26 bits per heavy atom. The van der Waals surface area contributed by atoms with Gasteiger partial charge in [-0.25, -0.2) is 19.4 Å². The van der Waals surface area contributed by atoms with E-state index < -0.39 is 53.5 Å². The third kappa shape index (κ3) is 12.2. The second kappa shape index (κ2) is 20.1. The zero-order valence-electron chi connectivity index (χ0n) is 33.9. The summed E-state index contributed by atoms with van der Waals surface area (Å²) in [4.78, 5) is 74.4. The number of aryl methyl sites for hydroxylation is 1. The molecule has 2 aromatic carbocycles. The zero-order chi connectivity index (χ0) is 41.9. The van der Waals surface area contributed by atoms with Crippen LogP contribution in [-0.4, -0.2) is 111 Å². The lowest BCUT2D eigenvalue weighted by atomic mass is 9.86. The van der Waals surface area contributed by atoms with Crippen molar-refractivity contribution < 1.29 is 38.9 Å². The van der Waals surface area contributed by atoms with Gasteiger partial charge in [0.2, 0.25) is 5.91 Å². The SMILES string of the molecule is CCC(C)C(C(=O)NC(Cc1ccccc1)C(O)CN(Cc1ccccc1C(=O)O)NC(=O)C(NC(=O)OC)C(C)(C)C)N1CCN(Cc2cccc(C)n2)C1=O. The van der Waals surface area contributed by atoms with E-state index in [1.807, 2.05) is 69.3 Å². The van der Waals surface area contributed by atoms with Crippen LogP contribution in [0, 0.1) is 18.3 Å². The number of aromatic carboxylic acids is 1. The summed E-state index contributed by atoms with van der Waals surface area (Å²) in [5, 5.41) is 29.0. The topological polar surface area (TPSA) is 194 Å². The predicted octanol–water partition coefficient (Wildman–Crippen LogP) is 4.13. The van der Waals surface area contributed by atoms with Gasteiger partial charge in [0.05, 0.1) is 37.1 Å². The van der Waals surface area contributed by atoms with Crippen molar-refractivity contribution in [3.8, 4) is 0 Å². The van der Waals surface area contributed by atoms with E-state index in [2.05, 4.69) is 21.0 Å². The Morgan fingerprint density at radius 1 is 0.947 bits per heavy atom. The Labute approximate surface area is 334 Å². The quantitative estimate of drug-likeness (QED) is 0.117. The number of carbonyl (C=O) groups excluding carboxylic acids is 4. The van der Waals surface area contributed by atoms with Crippen LogP contribution in [0.1, 0.15) is 73.9 Å². The Balaban J connectivity index is 1.64. The van der Waals surface area contributed by atoms with Gasteiger partial charge in [0.15, 0.2) is 0 Å². The summed E-state index contributed by atoms with van der Waals surface area (Å²) in [7, 11) is 1.18. The maximum Gasteiger partial charge on any atom is 0.407 e. The molecule has 0 radical (unpaired) electrons. The number of benzene rings is 2. The minimum atomic E-state index is -1.33. The van der Waals surface area contributed by atoms with Crippen LogP contribution < -0.4 is 16.1 Å². The van der Waals surface area contributed by atoms with E-state index in [-0.39, 0.29) is 37.0 Å². The average Bonchev–Trinajstić information content (AvgIpc) is 3.51. The number of carboxylic acids is 1. The highest BCUT2D eigenvalue weighted by Crippen LogP contribution is 2.24. The van der Waals surface area contributed by atoms with Gasteiger partial charge in [-0.1, -0.05) is 95.6 Å². The summed E-state index contributed by atoms with van der Waals surface area (Å²) >= 11 is 0. The van der Waals surface area contributed by atoms with Gasteiger partial charge in [-0.15, -0.1) is 0 Å². The van der Waals surface area contributed by atoms with Crippen LogP contribution in [0.3, 0.4) is 0 Å². The van der Waals surface area contributed by atoms with Crippen molar-refractivity contribution in [3.05, 3.63) is 101 Å². The molecule has 308 valence electrons. The van der Waals surface area contributed by atoms with Crippen molar-refractivity contribution >= 4 is 29.9 Å². The number of nitrogens with zero attached hydrogens (tertiary/aromatic N) is 4. The molecule has 5 N–H and O–H groups in total. The number of nitrogens with one attached hydrogen (secondary N) is 3. The first-order chi connectivity index (χ1) is 27.0. The highest BCUT2D eigenvalue weighted by atomic mass is 16.5. The summed E-state index contributed by atoms with van der Waals surface area (Å²) in [6.45, 7) is 11.7. The molecule has 1 aromatic heterocycles. The van der Waals surface area contributed by atoms with E-state index in [4.69, 9.17) is 4.74 Å². The van der Waals surface area contributed by atoms with Crippen molar-refractivity contribution in [2.45, 2.75) is 91.7 Å². The number of hydrogen-bond acceptors (Lipinski definition) is 9.